The highest BCUT2D eigenvalue weighted by molar-refractivity contribution is 5.23. The van der Waals surface area contributed by atoms with E-state index in [2.05, 4.69) is 63.9 Å². The van der Waals surface area contributed by atoms with Crippen molar-refractivity contribution in [2.24, 2.45) is 93.7 Å². The number of nitriles is 2. The summed E-state index contributed by atoms with van der Waals surface area (Å²) in [4.78, 5) is 0. The zero-order valence-electron chi connectivity index (χ0n) is 40.6. The number of fused-ring (bicyclic) bond motifs is 10. The average Bonchev–Trinajstić information content (AvgIpc) is 4.03. The summed E-state index contributed by atoms with van der Waals surface area (Å²) in [5.41, 5.74) is -1.19. The Labute approximate surface area is 384 Å². The molecule has 0 aliphatic heterocycles. The SMILES string of the molecule is C[C@H]1C[C@H]2[C@H](CC[C@@H]3[C@@H]2CC[C@@]2(C)[C@H]3CC[C@@H]2[C@@](C)(O)Cn2cc(C#N)cn2)C[C@]1(C)O.C[C@H]1C[C@H]2[C@H](CC[C@@H]3[C@@H]2CC[C@@]2(C)[C@H]3CC[C@@H]2[C@](C)(O)Cn2cc(C#N)cn2)C[C@]1(C)O. The van der Waals surface area contributed by atoms with Crippen LogP contribution in [0.1, 0.15) is 169 Å². The Hall–Kier alpha value is -2.76. The first-order valence-electron chi connectivity index (χ1n) is 25.8. The van der Waals surface area contributed by atoms with E-state index < -0.39 is 22.4 Å². The predicted molar refractivity (Wildman–Crippen MR) is 247 cm³/mol. The van der Waals surface area contributed by atoms with Crippen LogP contribution < -0.4 is 0 Å². The number of aliphatic hydroxyl groups is 4. The molecule has 0 radical (unpaired) electrons. The average molecular weight is 879 g/mol. The van der Waals surface area contributed by atoms with Crippen LogP contribution in [0.5, 0.6) is 0 Å². The molecule has 0 spiro atoms. The van der Waals surface area contributed by atoms with Gasteiger partial charge in [0.1, 0.15) is 12.1 Å². The molecule has 0 aromatic carbocycles. The van der Waals surface area contributed by atoms with Crippen LogP contribution in [0.4, 0.5) is 0 Å². The molecule has 352 valence electrons. The molecule has 10 heteroatoms. The standard InChI is InChI=1S/2C27H41N3O2/c2*1-17-11-22-19(12-26(17,3)31)5-6-21-20(22)9-10-25(2)23(21)7-8-24(25)27(4,32)16-30-15-18(13-28)14-29-30/h2*14-15,17,19-24,31-32H,5-12,16H2,1-4H3/t17-,19+,20-,21+,22-,23-,24-,25-,26-,27+;17-,19+,20-,21+,22-,23-,24-,25-,26-,27-/m00/s1. The highest BCUT2D eigenvalue weighted by atomic mass is 16.3. The fourth-order valence-corrected chi connectivity index (χ4v) is 18.4. The number of hydrogen-bond acceptors (Lipinski definition) is 8. The van der Waals surface area contributed by atoms with Crippen LogP contribution >= 0.6 is 0 Å². The number of nitrogens with zero attached hydrogens (tertiary/aromatic N) is 6. The van der Waals surface area contributed by atoms with Gasteiger partial charge >= 0.3 is 0 Å². The minimum atomic E-state index is -0.829. The Morgan fingerprint density at radius 1 is 0.594 bits per heavy atom. The Bertz CT molecular complexity index is 1940. The van der Waals surface area contributed by atoms with Crippen LogP contribution in [-0.4, -0.2) is 62.4 Å². The summed E-state index contributed by atoms with van der Waals surface area (Å²) in [6, 6.07) is 4.27. The molecule has 8 saturated carbocycles. The second-order valence-electron chi connectivity index (χ2n) is 25.4. The fourth-order valence-electron chi connectivity index (χ4n) is 18.4. The van der Waals surface area contributed by atoms with Crippen LogP contribution in [0.3, 0.4) is 0 Å². The summed E-state index contributed by atoms with van der Waals surface area (Å²) in [6.45, 7) is 18.4. The third-order valence-electron chi connectivity index (χ3n) is 21.8. The quantitative estimate of drug-likeness (QED) is 0.223. The summed E-state index contributed by atoms with van der Waals surface area (Å²) in [5.74, 6) is 8.82. The van der Waals surface area contributed by atoms with Crippen molar-refractivity contribution in [2.75, 3.05) is 0 Å². The molecular weight excluding hydrogens is 797 g/mol. The minimum absolute atomic E-state index is 0.175. The van der Waals surface area contributed by atoms with E-state index >= 15 is 0 Å². The van der Waals surface area contributed by atoms with Crippen LogP contribution in [0, 0.1) is 116 Å². The first-order valence-corrected chi connectivity index (χ1v) is 25.8. The van der Waals surface area contributed by atoms with Gasteiger partial charge in [0.05, 0.1) is 59.0 Å². The third-order valence-corrected chi connectivity index (χ3v) is 21.8. The molecule has 2 aromatic heterocycles. The van der Waals surface area contributed by atoms with E-state index in [1.54, 1.807) is 34.2 Å². The predicted octanol–water partition coefficient (Wildman–Crippen LogP) is 9.54. The van der Waals surface area contributed by atoms with Gasteiger partial charge in [-0.1, -0.05) is 27.7 Å². The molecule has 8 aliphatic rings. The first kappa shape index (κ1) is 46.4. The Kier molecular flexibility index (Phi) is 11.9. The van der Waals surface area contributed by atoms with Gasteiger partial charge in [-0.3, -0.25) is 9.36 Å². The van der Waals surface area contributed by atoms with Crippen LogP contribution in [-0.2, 0) is 13.1 Å². The summed E-state index contributed by atoms with van der Waals surface area (Å²) in [6.07, 6.45) is 25.7. The van der Waals surface area contributed by atoms with Crippen molar-refractivity contribution in [1.29, 1.82) is 10.5 Å². The topological polar surface area (TPSA) is 164 Å². The van der Waals surface area contributed by atoms with E-state index in [0.717, 1.165) is 61.2 Å². The molecule has 2 heterocycles. The molecule has 10 nitrogen and oxygen atoms in total. The van der Waals surface area contributed by atoms with Crippen molar-refractivity contribution < 1.29 is 20.4 Å². The van der Waals surface area contributed by atoms with E-state index in [9.17, 15) is 20.4 Å². The molecule has 8 fully saturated rings. The molecular formula is C54H82N6O4. The van der Waals surface area contributed by atoms with Gasteiger partial charge in [-0.05, 0) is 224 Å². The Balaban J connectivity index is 0.000000162. The summed E-state index contributed by atoms with van der Waals surface area (Å²) >= 11 is 0. The zero-order chi connectivity index (χ0) is 45.8. The van der Waals surface area contributed by atoms with Gasteiger partial charge in [0.15, 0.2) is 0 Å². The summed E-state index contributed by atoms with van der Waals surface area (Å²) < 4.78 is 3.50. The summed E-state index contributed by atoms with van der Waals surface area (Å²) in [5, 5.41) is 71.9. The molecule has 0 unspecified atom stereocenters. The van der Waals surface area contributed by atoms with Crippen molar-refractivity contribution >= 4 is 0 Å². The molecule has 0 saturated heterocycles. The second kappa shape index (κ2) is 16.5. The maximum absolute atomic E-state index is 11.7. The lowest BCUT2D eigenvalue weighted by Gasteiger charge is -2.58. The second-order valence-corrected chi connectivity index (χ2v) is 25.4. The van der Waals surface area contributed by atoms with Crippen molar-refractivity contribution in [2.45, 2.75) is 194 Å². The maximum atomic E-state index is 11.7. The van der Waals surface area contributed by atoms with Gasteiger partial charge in [-0.25, -0.2) is 0 Å². The number of aromatic nitrogens is 4. The van der Waals surface area contributed by atoms with Gasteiger partial charge < -0.3 is 20.4 Å². The van der Waals surface area contributed by atoms with Crippen molar-refractivity contribution in [3.05, 3.63) is 35.9 Å². The van der Waals surface area contributed by atoms with E-state index in [0.29, 0.717) is 59.7 Å². The minimum Gasteiger partial charge on any atom is -0.390 e. The molecule has 0 bridgehead atoms. The fraction of sp³-hybridized carbons (Fsp3) is 0.852. The van der Waals surface area contributed by atoms with Crippen LogP contribution in [0.2, 0.25) is 0 Å². The third kappa shape index (κ3) is 7.92. The monoisotopic (exact) mass is 879 g/mol. The van der Waals surface area contributed by atoms with E-state index in [1.165, 1.54) is 77.0 Å². The molecule has 10 rings (SSSR count). The largest absolute Gasteiger partial charge is 0.390 e. The smallest absolute Gasteiger partial charge is 0.102 e. The maximum Gasteiger partial charge on any atom is 0.102 e. The normalized spacial score (nSPS) is 47.6. The highest BCUT2D eigenvalue weighted by Gasteiger charge is 2.63. The van der Waals surface area contributed by atoms with Crippen molar-refractivity contribution in [3.8, 4) is 12.1 Å². The Morgan fingerprint density at radius 3 is 1.34 bits per heavy atom. The van der Waals surface area contributed by atoms with Crippen LogP contribution in [0.25, 0.3) is 0 Å². The van der Waals surface area contributed by atoms with E-state index in [1.807, 2.05) is 13.8 Å². The van der Waals surface area contributed by atoms with Crippen LogP contribution in [0.15, 0.2) is 24.8 Å². The molecule has 2 aromatic rings. The van der Waals surface area contributed by atoms with Gasteiger partial charge in [0.2, 0.25) is 0 Å². The van der Waals surface area contributed by atoms with Crippen molar-refractivity contribution in [3.63, 3.8) is 0 Å². The lowest BCUT2D eigenvalue weighted by atomic mass is 9.47. The van der Waals surface area contributed by atoms with Gasteiger partial charge in [0, 0.05) is 12.4 Å². The zero-order valence-corrected chi connectivity index (χ0v) is 40.6. The first-order chi connectivity index (χ1) is 30.1. The van der Waals surface area contributed by atoms with Gasteiger partial charge in [0.25, 0.3) is 0 Å². The van der Waals surface area contributed by atoms with E-state index in [4.69, 9.17) is 10.5 Å². The summed E-state index contributed by atoms with van der Waals surface area (Å²) in [7, 11) is 0. The van der Waals surface area contributed by atoms with Gasteiger partial charge in [-0.15, -0.1) is 0 Å². The van der Waals surface area contributed by atoms with Gasteiger partial charge in [-0.2, -0.15) is 20.7 Å². The molecule has 4 N–H and O–H groups in total. The number of rotatable bonds is 6. The highest BCUT2D eigenvalue weighted by Crippen LogP contribution is 2.68. The van der Waals surface area contributed by atoms with E-state index in [-0.39, 0.29) is 22.7 Å². The molecule has 64 heavy (non-hydrogen) atoms. The number of hydrogen-bond donors (Lipinski definition) is 4. The lowest BCUT2D eigenvalue weighted by molar-refractivity contribution is -0.138. The molecule has 20 atom stereocenters. The van der Waals surface area contributed by atoms with Crippen molar-refractivity contribution in [1.82, 2.24) is 19.6 Å². The lowest BCUT2D eigenvalue weighted by Crippen LogP contribution is -2.54. The molecule has 0 amide bonds. The Morgan fingerprint density at radius 2 is 0.984 bits per heavy atom. The molecule has 8 aliphatic carbocycles.